The maximum Gasteiger partial charge on any atom is 0.449 e. The molecule has 9 heteroatoms. The number of fused-ring (bicyclic) bond motifs is 2. The maximum atomic E-state index is 13.4. The van der Waals surface area contributed by atoms with Crippen molar-refractivity contribution in [3.8, 4) is 0 Å². The molecule has 0 fully saturated rings. The van der Waals surface area contributed by atoms with E-state index in [1.807, 2.05) is 42.5 Å². The average Bonchev–Trinajstić information content (AvgIpc) is 3.16. The molecule has 1 aromatic heterocycles. The number of alkyl halides is 3. The molecule has 4 aromatic rings. The molecule has 6 nitrogen and oxygen atoms in total. The van der Waals surface area contributed by atoms with Crippen LogP contribution in [0.5, 0.6) is 0 Å². The second-order valence-corrected chi connectivity index (χ2v) is 7.53. The molecule has 3 aromatic carbocycles. The van der Waals surface area contributed by atoms with Crippen molar-refractivity contribution in [3.63, 3.8) is 0 Å². The number of amides is 1. The summed E-state index contributed by atoms with van der Waals surface area (Å²) in [4.78, 5) is 28.2. The summed E-state index contributed by atoms with van der Waals surface area (Å²) in [5.74, 6) is -2.73. The number of hydrogen-bond acceptors (Lipinski definition) is 4. The van der Waals surface area contributed by atoms with Crippen LogP contribution in [0.25, 0.3) is 21.8 Å². The molecule has 0 bridgehead atoms. The molecule has 170 valence electrons. The number of benzene rings is 3. The van der Waals surface area contributed by atoms with E-state index < -0.39 is 37.0 Å². The average molecular weight is 455 g/mol. The van der Waals surface area contributed by atoms with E-state index in [4.69, 9.17) is 4.74 Å². The van der Waals surface area contributed by atoms with Crippen molar-refractivity contribution in [3.05, 3.63) is 78.1 Å². The van der Waals surface area contributed by atoms with Gasteiger partial charge in [0.1, 0.15) is 6.54 Å². The highest BCUT2D eigenvalue weighted by Crippen LogP contribution is 2.31. The molecule has 0 saturated heterocycles. The van der Waals surface area contributed by atoms with Crippen molar-refractivity contribution in [1.29, 1.82) is 0 Å². The van der Waals surface area contributed by atoms with Gasteiger partial charge >= 0.3 is 12.1 Å². The Hall–Kier alpha value is -3.88. The monoisotopic (exact) mass is 455 g/mol. The van der Waals surface area contributed by atoms with Gasteiger partial charge in [0, 0.05) is 0 Å². The van der Waals surface area contributed by atoms with E-state index in [1.54, 1.807) is 19.1 Å². The topological polar surface area (TPSA) is 73.2 Å². The SMILES string of the molecule is CC(NC(=O)COC(=O)Cn1c(C(F)(F)F)nc2ccccc21)c1cccc2ccccc12. The fourth-order valence-corrected chi connectivity index (χ4v) is 3.76. The molecule has 0 aliphatic rings. The first kappa shape index (κ1) is 22.3. The van der Waals surface area contributed by atoms with Gasteiger partial charge in [-0.3, -0.25) is 9.59 Å². The summed E-state index contributed by atoms with van der Waals surface area (Å²) in [6, 6.07) is 19.1. The van der Waals surface area contributed by atoms with Crippen LogP contribution >= 0.6 is 0 Å². The Morgan fingerprint density at radius 1 is 1.03 bits per heavy atom. The quantitative estimate of drug-likeness (QED) is 0.431. The minimum Gasteiger partial charge on any atom is -0.454 e. The number of ether oxygens (including phenoxy) is 1. The predicted molar refractivity (Wildman–Crippen MR) is 116 cm³/mol. The summed E-state index contributed by atoms with van der Waals surface area (Å²) in [5.41, 5.74) is 1.16. The summed E-state index contributed by atoms with van der Waals surface area (Å²) in [5, 5.41) is 4.76. The van der Waals surface area contributed by atoms with Gasteiger partial charge in [0.15, 0.2) is 6.61 Å². The summed E-state index contributed by atoms with van der Waals surface area (Å²) in [7, 11) is 0. The molecule has 1 N–H and O–H groups in total. The second kappa shape index (κ2) is 8.93. The van der Waals surface area contributed by atoms with Crippen LogP contribution < -0.4 is 5.32 Å². The van der Waals surface area contributed by atoms with Crippen LogP contribution in [-0.4, -0.2) is 28.0 Å². The third-order valence-corrected chi connectivity index (χ3v) is 5.23. The number of carbonyl (C=O) groups excluding carboxylic acids is 2. The highest BCUT2D eigenvalue weighted by atomic mass is 19.4. The lowest BCUT2D eigenvalue weighted by Crippen LogP contribution is -2.32. The van der Waals surface area contributed by atoms with E-state index in [9.17, 15) is 22.8 Å². The summed E-state index contributed by atoms with van der Waals surface area (Å²) >= 11 is 0. The van der Waals surface area contributed by atoms with Crippen LogP contribution in [0, 0.1) is 0 Å². The lowest BCUT2D eigenvalue weighted by molar-refractivity contribution is -0.153. The van der Waals surface area contributed by atoms with Crippen molar-refractivity contribution in [2.75, 3.05) is 6.61 Å². The summed E-state index contributed by atoms with van der Waals surface area (Å²) in [6.45, 7) is 0.470. The van der Waals surface area contributed by atoms with Gasteiger partial charge in [-0.2, -0.15) is 13.2 Å². The number of nitrogens with one attached hydrogen (secondary N) is 1. The van der Waals surface area contributed by atoms with Gasteiger partial charge in [-0.15, -0.1) is 0 Å². The van der Waals surface area contributed by atoms with Crippen molar-refractivity contribution >= 4 is 33.7 Å². The number of aromatic nitrogens is 2. The molecular formula is C24H20F3N3O3. The first-order valence-electron chi connectivity index (χ1n) is 10.2. The molecule has 0 radical (unpaired) electrons. The maximum absolute atomic E-state index is 13.4. The van der Waals surface area contributed by atoms with E-state index in [0.717, 1.165) is 20.9 Å². The number of halogens is 3. The number of rotatable bonds is 6. The molecule has 0 aliphatic carbocycles. The number of para-hydroxylation sites is 2. The van der Waals surface area contributed by atoms with Crippen LogP contribution in [0.1, 0.15) is 24.4 Å². The molecule has 1 unspecified atom stereocenters. The van der Waals surface area contributed by atoms with Crippen LogP contribution in [0.4, 0.5) is 13.2 Å². The molecule has 0 spiro atoms. The number of esters is 1. The fraction of sp³-hybridized carbons (Fsp3) is 0.208. The minimum absolute atomic E-state index is 0.110. The molecule has 1 heterocycles. The van der Waals surface area contributed by atoms with E-state index in [2.05, 4.69) is 10.3 Å². The Balaban J connectivity index is 1.41. The lowest BCUT2D eigenvalue weighted by Gasteiger charge is -2.17. The third-order valence-electron chi connectivity index (χ3n) is 5.23. The van der Waals surface area contributed by atoms with Crippen LogP contribution in [0.15, 0.2) is 66.7 Å². The van der Waals surface area contributed by atoms with Gasteiger partial charge in [-0.1, -0.05) is 54.6 Å². The smallest absolute Gasteiger partial charge is 0.449 e. The van der Waals surface area contributed by atoms with Gasteiger partial charge < -0.3 is 14.6 Å². The largest absolute Gasteiger partial charge is 0.454 e. The van der Waals surface area contributed by atoms with Crippen LogP contribution in [-0.2, 0) is 27.0 Å². The zero-order chi connectivity index (χ0) is 23.6. The highest BCUT2D eigenvalue weighted by molar-refractivity contribution is 5.87. The van der Waals surface area contributed by atoms with Gasteiger partial charge in [0.25, 0.3) is 5.91 Å². The van der Waals surface area contributed by atoms with Crippen molar-refractivity contribution < 1.29 is 27.5 Å². The zero-order valence-corrected chi connectivity index (χ0v) is 17.6. The van der Waals surface area contributed by atoms with Gasteiger partial charge in [-0.25, -0.2) is 4.98 Å². The normalized spacial score (nSPS) is 12.6. The molecule has 4 rings (SSSR count). The molecule has 33 heavy (non-hydrogen) atoms. The molecular weight excluding hydrogens is 435 g/mol. The second-order valence-electron chi connectivity index (χ2n) is 7.53. The van der Waals surface area contributed by atoms with E-state index in [-0.39, 0.29) is 17.1 Å². The first-order valence-corrected chi connectivity index (χ1v) is 10.2. The van der Waals surface area contributed by atoms with E-state index >= 15 is 0 Å². The van der Waals surface area contributed by atoms with E-state index in [1.165, 1.54) is 12.1 Å². The summed E-state index contributed by atoms with van der Waals surface area (Å²) in [6.07, 6.45) is -4.75. The zero-order valence-electron chi connectivity index (χ0n) is 17.6. The highest BCUT2D eigenvalue weighted by Gasteiger charge is 2.38. The van der Waals surface area contributed by atoms with Crippen molar-refractivity contribution in [2.24, 2.45) is 0 Å². The Labute approximate surface area is 187 Å². The Morgan fingerprint density at radius 2 is 1.73 bits per heavy atom. The number of carbonyl (C=O) groups is 2. The number of hydrogen-bond donors (Lipinski definition) is 1. The first-order chi connectivity index (χ1) is 15.7. The van der Waals surface area contributed by atoms with Crippen molar-refractivity contribution in [2.45, 2.75) is 25.7 Å². The standard InChI is InChI=1S/C24H20F3N3O3/c1-15(17-10-6-8-16-7-2-3-9-18(16)17)28-21(31)14-33-22(32)13-30-20-12-5-4-11-19(20)29-23(30)24(25,26)27/h2-12,15H,13-14H2,1H3,(H,28,31). The van der Waals surface area contributed by atoms with Gasteiger partial charge in [-0.05, 0) is 35.4 Å². The molecule has 1 amide bonds. The Morgan fingerprint density at radius 3 is 2.52 bits per heavy atom. The van der Waals surface area contributed by atoms with Gasteiger partial charge in [0.05, 0.1) is 17.1 Å². The van der Waals surface area contributed by atoms with Gasteiger partial charge in [0.2, 0.25) is 5.82 Å². The Bertz CT molecular complexity index is 1330. The Kier molecular flexibility index (Phi) is 6.04. The van der Waals surface area contributed by atoms with Crippen LogP contribution in [0.3, 0.4) is 0 Å². The third kappa shape index (κ3) is 4.82. The summed E-state index contributed by atoms with van der Waals surface area (Å²) < 4.78 is 45.8. The van der Waals surface area contributed by atoms with Crippen LogP contribution in [0.2, 0.25) is 0 Å². The molecule has 0 aliphatic heterocycles. The number of nitrogens with zero attached hydrogens (tertiary/aromatic N) is 2. The minimum atomic E-state index is -4.75. The molecule has 0 saturated carbocycles. The lowest BCUT2D eigenvalue weighted by atomic mass is 10.00. The number of imidazole rings is 1. The molecule has 1 atom stereocenters. The predicted octanol–water partition coefficient (Wildman–Crippen LogP) is 4.63. The fourth-order valence-electron chi connectivity index (χ4n) is 3.76. The van der Waals surface area contributed by atoms with Crippen molar-refractivity contribution in [1.82, 2.24) is 14.9 Å². The van der Waals surface area contributed by atoms with E-state index in [0.29, 0.717) is 0 Å².